The van der Waals surface area contributed by atoms with Gasteiger partial charge in [-0.15, -0.1) is 24.0 Å². The first-order valence-corrected chi connectivity index (χ1v) is 8.61. The van der Waals surface area contributed by atoms with Gasteiger partial charge in [-0.3, -0.25) is 4.99 Å². The Labute approximate surface area is 149 Å². The molecule has 0 bridgehead atoms. The Balaban J connectivity index is 0.00000220. The van der Waals surface area contributed by atoms with Crippen molar-refractivity contribution in [3.05, 3.63) is 35.9 Å². The van der Waals surface area contributed by atoms with E-state index in [-0.39, 0.29) is 24.0 Å². The molecule has 0 spiro atoms. The molecule has 118 valence electrons. The van der Waals surface area contributed by atoms with Crippen molar-refractivity contribution < 1.29 is 0 Å². The van der Waals surface area contributed by atoms with Gasteiger partial charge < -0.3 is 10.6 Å². The summed E-state index contributed by atoms with van der Waals surface area (Å²) in [6, 6.07) is 10.6. The molecule has 0 aromatic heterocycles. The van der Waals surface area contributed by atoms with E-state index in [0.29, 0.717) is 0 Å². The highest BCUT2D eigenvalue weighted by molar-refractivity contribution is 14.0. The van der Waals surface area contributed by atoms with Gasteiger partial charge in [-0.1, -0.05) is 30.3 Å². The largest absolute Gasteiger partial charge is 0.357 e. The van der Waals surface area contributed by atoms with Gasteiger partial charge >= 0.3 is 0 Å². The second-order valence-electron chi connectivity index (χ2n) is 5.02. The second kappa shape index (κ2) is 11.2. The van der Waals surface area contributed by atoms with E-state index in [1.807, 2.05) is 0 Å². The predicted molar refractivity (Wildman–Crippen MR) is 105 cm³/mol. The number of hydrogen-bond donors (Lipinski definition) is 2. The molecule has 1 aromatic carbocycles. The summed E-state index contributed by atoms with van der Waals surface area (Å²) in [6.07, 6.45) is 3.70. The van der Waals surface area contributed by atoms with E-state index >= 15 is 0 Å². The van der Waals surface area contributed by atoms with Crippen LogP contribution in [0.3, 0.4) is 0 Å². The van der Waals surface area contributed by atoms with Crippen LogP contribution in [0.5, 0.6) is 0 Å². The Bertz CT molecular complexity index is 405. The number of guanidine groups is 1. The van der Waals surface area contributed by atoms with Crippen LogP contribution in [0.15, 0.2) is 35.3 Å². The fourth-order valence-corrected chi connectivity index (χ4v) is 3.47. The Kier molecular flexibility index (Phi) is 9.91. The molecule has 3 nitrogen and oxygen atoms in total. The van der Waals surface area contributed by atoms with E-state index in [4.69, 9.17) is 4.99 Å². The average molecular weight is 419 g/mol. The van der Waals surface area contributed by atoms with Crippen LogP contribution in [0, 0.1) is 0 Å². The van der Waals surface area contributed by atoms with Gasteiger partial charge in [-0.2, -0.15) is 11.8 Å². The minimum absolute atomic E-state index is 0. The topological polar surface area (TPSA) is 36.4 Å². The van der Waals surface area contributed by atoms with Gasteiger partial charge in [0.05, 0.1) is 6.54 Å². The quantitative estimate of drug-likeness (QED) is 0.422. The van der Waals surface area contributed by atoms with Crippen molar-refractivity contribution in [1.29, 1.82) is 0 Å². The third-order valence-corrected chi connectivity index (χ3v) is 4.75. The molecule has 1 aliphatic rings. The molecule has 1 heterocycles. The fourth-order valence-electron chi connectivity index (χ4n) is 2.29. The maximum atomic E-state index is 4.70. The van der Waals surface area contributed by atoms with Gasteiger partial charge in [-0.25, -0.2) is 0 Å². The zero-order chi connectivity index (χ0) is 14.0. The second-order valence-corrected chi connectivity index (χ2v) is 6.43. The highest BCUT2D eigenvalue weighted by Gasteiger charge is 2.14. The summed E-state index contributed by atoms with van der Waals surface area (Å²) in [6.45, 7) is 4.88. The molecule has 1 fully saturated rings. The van der Waals surface area contributed by atoms with Crippen molar-refractivity contribution >= 4 is 41.7 Å². The van der Waals surface area contributed by atoms with Gasteiger partial charge in [0.25, 0.3) is 0 Å². The van der Waals surface area contributed by atoms with Gasteiger partial charge in [0, 0.05) is 18.3 Å². The van der Waals surface area contributed by atoms with Gasteiger partial charge in [0.15, 0.2) is 5.96 Å². The van der Waals surface area contributed by atoms with E-state index in [1.165, 1.54) is 24.2 Å². The monoisotopic (exact) mass is 419 g/mol. The third kappa shape index (κ3) is 7.40. The molecule has 0 radical (unpaired) electrons. The summed E-state index contributed by atoms with van der Waals surface area (Å²) in [5.41, 5.74) is 1.36. The lowest BCUT2D eigenvalue weighted by Crippen LogP contribution is -2.38. The number of hydrogen-bond acceptors (Lipinski definition) is 2. The van der Waals surface area contributed by atoms with Crippen LogP contribution >= 0.6 is 35.7 Å². The molecule has 5 heteroatoms. The normalized spacial score (nSPS) is 18.1. The first-order chi connectivity index (χ1) is 9.88. The lowest BCUT2D eigenvalue weighted by molar-refractivity contribution is 0.761. The number of halogens is 1. The van der Waals surface area contributed by atoms with Crippen LogP contribution in [0.25, 0.3) is 0 Å². The zero-order valence-electron chi connectivity index (χ0n) is 12.7. The van der Waals surface area contributed by atoms with E-state index < -0.39 is 0 Å². The van der Waals surface area contributed by atoms with Crippen molar-refractivity contribution in [2.75, 3.05) is 25.4 Å². The zero-order valence-corrected chi connectivity index (χ0v) is 15.8. The molecular weight excluding hydrogens is 393 g/mol. The van der Waals surface area contributed by atoms with Crippen molar-refractivity contribution in [3.8, 4) is 0 Å². The number of rotatable bonds is 6. The van der Waals surface area contributed by atoms with E-state index in [9.17, 15) is 0 Å². The van der Waals surface area contributed by atoms with E-state index in [2.05, 4.69) is 59.7 Å². The van der Waals surface area contributed by atoms with Gasteiger partial charge in [0.1, 0.15) is 0 Å². The molecule has 0 saturated carbocycles. The maximum Gasteiger partial charge on any atom is 0.191 e. The molecule has 21 heavy (non-hydrogen) atoms. The number of thioether (sulfide) groups is 1. The number of aliphatic imine (C=N–C) groups is 1. The molecule has 1 unspecified atom stereocenters. The van der Waals surface area contributed by atoms with E-state index in [1.54, 1.807) is 0 Å². The minimum atomic E-state index is 0. The number of nitrogens with one attached hydrogen (secondary N) is 2. The number of nitrogens with zero attached hydrogens (tertiary/aromatic N) is 1. The van der Waals surface area contributed by atoms with Crippen molar-refractivity contribution in [2.24, 2.45) is 4.99 Å². The summed E-state index contributed by atoms with van der Waals surface area (Å²) in [7, 11) is 0. The molecule has 0 aliphatic carbocycles. The lowest BCUT2D eigenvalue weighted by Gasteiger charge is -2.12. The summed E-state index contributed by atoms with van der Waals surface area (Å²) in [5, 5.41) is 7.47. The molecule has 1 saturated heterocycles. The average Bonchev–Trinajstić information content (AvgIpc) is 2.99. The lowest BCUT2D eigenvalue weighted by atomic mass is 10.1. The van der Waals surface area contributed by atoms with Gasteiger partial charge in [-0.05, 0) is 37.5 Å². The fraction of sp³-hybridized carbons (Fsp3) is 0.562. The Morgan fingerprint density at radius 2 is 2.10 bits per heavy atom. The minimum Gasteiger partial charge on any atom is -0.357 e. The first-order valence-electron chi connectivity index (χ1n) is 7.56. The Hall–Kier alpha value is -0.430. The summed E-state index contributed by atoms with van der Waals surface area (Å²) in [4.78, 5) is 4.70. The number of benzene rings is 1. The Morgan fingerprint density at radius 3 is 2.76 bits per heavy atom. The molecule has 0 amide bonds. The van der Waals surface area contributed by atoms with Crippen molar-refractivity contribution in [1.82, 2.24) is 10.6 Å². The SMILES string of the molecule is CCNC(=NCC1CCCS1)NCCc1ccccc1.I. The van der Waals surface area contributed by atoms with Crippen molar-refractivity contribution in [2.45, 2.75) is 31.4 Å². The van der Waals surface area contributed by atoms with Crippen LogP contribution in [-0.2, 0) is 6.42 Å². The highest BCUT2D eigenvalue weighted by Crippen LogP contribution is 2.25. The molecule has 2 rings (SSSR count). The van der Waals surface area contributed by atoms with Crippen LogP contribution in [0.2, 0.25) is 0 Å². The van der Waals surface area contributed by atoms with Crippen LogP contribution < -0.4 is 10.6 Å². The summed E-state index contributed by atoms with van der Waals surface area (Å²) < 4.78 is 0. The Morgan fingerprint density at radius 1 is 1.29 bits per heavy atom. The predicted octanol–water partition coefficient (Wildman–Crippen LogP) is 3.30. The maximum absolute atomic E-state index is 4.70. The standard InChI is InChI=1S/C16H25N3S.HI/c1-2-17-16(19-13-15-9-6-12-20-15)18-11-10-14-7-4-3-5-8-14;/h3-5,7-8,15H,2,6,9-13H2,1H3,(H2,17,18,19);1H. The molecule has 2 N–H and O–H groups in total. The molecule has 1 atom stereocenters. The third-order valence-electron chi connectivity index (χ3n) is 3.37. The smallest absolute Gasteiger partial charge is 0.191 e. The molecular formula is C16H26IN3S. The molecule has 1 aromatic rings. The first kappa shape index (κ1) is 18.6. The molecule has 1 aliphatic heterocycles. The van der Waals surface area contributed by atoms with Gasteiger partial charge in [0.2, 0.25) is 0 Å². The van der Waals surface area contributed by atoms with E-state index in [0.717, 1.165) is 37.3 Å². The summed E-state index contributed by atoms with van der Waals surface area (Å²) in [5.74, 6) is 2.26. The summed E-state index contributed by atoms with van der Waals surface area (Å²) >= 11 is 2.06. The van der Waals surface area contributed by atoms with Crippen molar-refractivity contribution in [3.63, 3.8) is 0 Å². The van der Waals surface area contributed by atoms with Crippen LogP contribution in [0.1, 0.15) is 25.3 Å². The van der Waals surface area contributed by atoms with Crippen LogP contribution in [-0.4, -0.2) is 36.6 Å². The highest BCUT2D eigenvalue weighted by atomic mass is 127. The van der Waals surface area contributed by atoms with Crippen LogP contribution in [0.4, 0.5) is 0 Å².